The molecule has 1 aliphatic heterocycles. The molecule has 1 aliphatic rings. The van der Waals surface area contributed by atoms with E-state index < -0.39 is 0 Å². The molecule has 0 bridgehead atoms. The Labute approximate surface area is 191 Å². The molecule has 5 rings (SSSR count). The first-order chi connectivity index (χ1) is 15.7. The Kier molecular flexibility index (Phi) is 5.82. The van der Waals surface area contributed by atoms with Crippen LogP contribution in [0.5, 0.6) is 0 Å². The topological polar surface area (TPSA) is 50.3 Å². The number of carbonyl (C=O) groups is 2. The number of hydrogen-bond acceptors (Lipinski definition) is 4. The van der Waals surface area contributed by atoms with Crippen molar-refractivity contribution in [2.24, 2.45) is 0 Å². The SMILES string of the molecule is O=C(CCC(=O)N1CCC[C@H]1c1nc2ccccc2s1)c1ccc(-c2ccccc2)cc1. The lowest BCUT2D eigenvalue weighted by Crippen LogP contribution is -2.30. The van der Waals surface area contributed by atoms with Crippen molar-refractivity contribution in [3.8, 4) is 11.1 Å². The largest absolute Gasteiger partial charge is 0.333 e. The monoisotopic (exact) mass is 440 g/mol. The van der Waals surface area contributed by atoms with Crippen LogP contribution in [0.3, 0.4) is 0 Å². The van der Waals surface area contributed by atoms with E-state index in [0.29, 0.717) is 5.56 Å². The lowest BCUT2D eigenvalue weighted by molar-refractivity contribution is -0.132. The molecule has 0 N–H and O–H groups in total. The van der Waals surface area contributed by atoms with Crippen LogP contribution in [0.2, 0.25) is 0 Å². The van der Waals surface area contributed by atoms with E-state index in [1.165, 1.54) is 0 Å². The third-order valence-electron chi connectivity index (χ3n) is 6.05. The van der Waals surface area contributed by atoms with E-state index in [2.05, 4.69) is 6.07 Å². The Hall–Kier alpha value is -3.31. The summed E-state index contributed by atoms with van der Waals surface area (Å²) in [6.07, 6.45) is 2.37. The highest BCUT2D eigenvalue weighted by Gasteiger charge is 2.32. The van der Waals surface area contributed by atoms with Gasteiger partial charge in [-0.3, -0.25) is 9.59 Å². The number of para-hydroxylation sites is 1. The quantitative estimate of drug-likeness (QED) is 0.331. The minimum atomic E-state index is 0.00805. The van der Waals surface area contributed by atoms with Crippen LogP contribution in [0.15, 0.2) is 78.9 Å². The number of rotatable bonds is 6. The number of amides is 1. The maximum atomic E-state index is 13.0. The normalized spacial score (nSPS) is 15.9. The molecule has 0 saturated carbocycles. The first-order valence-corrected chi connectivity index (χ1v) is 11.8. The van der Waals surface area contributed by atoms with E-state index in [1.807, 2.05) is 77.7 Å². The van der Waals surface area contributed by atoms with Gasteiger partial charge in [0.2, 0.25) is 5.91 Å². The zero-order valence-corrected chi connectivity index (χ0v) is 18.6. The smallest absolute Gasteiger partial charge is 0.223 e. The molecule has 1 atom stereocenters. The molecular formula is C27H24N2O2S. The van der Waals surface area contributed by atoms with E-state index in [-0.39, 0.29) is 30.6 Å². The highest BCUT2D eigenvalue weighted by Crippen LogP contribution is 2.36. The van der Waals surface area contributed by atoms with Crippen LogP contribution < -0.4 is 0 Å². The van der Waals surface area contributed by atoms with Crippen molar-refractivity contribution in [3.63, 3.8) is 0 Å². The van der Waals surface area contributed by atoms with E-state index in [1.54, 1.807) is 11.3 Å². The van der Waals surface area contributed by atoms with Crippen LogP contribution in [0.25, 0.3) is 21.3 Å². The molecule has 4 nitrogen and oxygen atoms in total. The van der Waals surface area contributed by atoms with E-state index in [0.717, 1.165) is 45.7 Å². The Morgan fingerprint density at radius 3 is 2.38 bits per heavy atom. The fraction of sp³-hybridized carbons (Fsp3) is 0.222. The highest BCUT2D eigenvalue weighted by atomic mass is 32.1. The van der Waals surface area contributed by atoms with Crippen molar-refractivity contribution in [2.45, 2.75) is 31.7 Å². The average molecular weight is 441 g/mol. The van der Waals surface area contributed by atoms with Crippen LogP contribution in [0.1, 0.15) is 47.1 Å². The van der Waals surface area contributed by atoms with Crippen LogP contribution in [-0.4, -0.2) is 28.1 Å². The molecule has 2 heterocycles. The molecule has 4 aromatic rings. The highest BCUT2D eigenvalue weighted by molar-refractivity contribution is 7.18. The summed E-state index contributed by atoms with van der Waals surface area (Å²) >= 11 is 1.66. The third kappa shape index (κ3) is 4.21. The number of likely N-dealkylation sites (tertiary alicyclic amines) is 1. The maximum Gasteiger partial charge on any atom is 0.223 e. The number of fused-ring (bicyclic) bond motifs is 1. The number of aromatic nitrogens is 1. The number of Topliss-reactive ketones (excluding diaryl/α,β-unsaturated/α-hetero) is 1. The van der Waals surface area contributed by atoms with Gasteiger partial charge in [0, 0.05) is 24.9 Å². The van der Waals surface area contributed by atoms with Gasteiger partial charge in [-0.1, -0.05) is 66.7 Å². The van der Waals surface area contributed by atoms with E-state index >= 15 is 0 Å². The van der Waals surface area contributed by atoms with Gasteiger partial charge in [-0.25, -0.2) is 4.98 Å². The second kappa shape index (κ2) is 9.05. The van der Waals surface area contributed by atoms with E-state index in [9.17, 15) is 9.59 Å². The molecule has 0 spiro atoms. The van der Waals surface area contributed by atoms with Gasteiger partial charge >= 0.3 is 0 Å². The predicted octanol–water partition coefficient (Wildman–Crippen LogP) is 6.29. The minimum absolute atomic E-state index is 0.00805. The average Bonchev–Trinajstić information content (AvgIpc) is 3.50. The second-order valence-corrected chi connectivity index (χ2v) is 9.19. The summed E-state index contributed by atoms with van der Waals surface area (Å²) in [7, 11) is 0. The Morgan fingerprint density at radius 1 is 0.875 bits per heavy atom. The molecule has 1 fully saturated rings. The summed E-state index contributed by atoms with van der Waals surface area (Å²) in [6.45, 7) is 0.736. The van der Waals surface area contributed by atoms with Crippen molar-refractivity contribution in [1.82, 2.24) is 9.88 Å². The number of thiazole rings is 1. The summed E-state index contributed by atoms with van der Waals surface area (Å²) in [4.78, 5) is 32.4. The zero-order valence-electron chi connectivity index (χ0n) is 17.7. The number of hydrogen-bond donors (Lipinski definition) is 0. The van der Waals surface area contributed by atoms with Crippen molar-refractivity contribution in [1.29, 1.82) is 0 Å². The number of nitrogens with zero attached hydrogens (tertiary/aromatic N) is 2. The predicted molar refractivity (Wildman–Crippen MR) is 129 cm³/mol. The zero-order chi connectivity index (χ0) is 21.9. The van der Waals surface area contributed by atoms with E-state index in [4.69, 9.17) is 4.98 Å². The van der Waals surface area contributed by atoms with Gasteiger partial charge in [0.15, 0.2) is 5.78 Å². The van der Waals surface area contributed by atoms with Crippen molar-refractivity contribution in [3.05, 3.63) is 89.4 Å². The fourth-order valence-corrected chi connectivity index (χ4v) is 5.46. The maximum absolute atomic E-state index is 13.0. The second-order valence-electron chi connectivity index (χ2n) is 8.13. The Bertz CT molecular complexity index is 1210. The molecular weight excluding hydrogens is 416 g/mol. The number of benzene rings is 3. The van der Waals surface area contributed by atoms with Gasteiger partial charge in [0.05, 0.1) is 16.3 Å². The molecule has 0 radical (unpaired) electrons. The Balaban J connectivity index is 1.22. The lowest BCUT2D eigenvalue weighted by atomic mass is 10.0. The van der Waals surface area contributed by atoms with Crippen LogP contribution in [0.4, 0.5) is 0 Å². The summed E-state index contributed by atoms with van der Waals surface area (Å²) in [5.41, 5.74) is 3.84. The number of carbonyl (C=O) groups excluding carboxylic acids is 2. The molecule has 5 heteroatoms. The van der Waals surface area contributed by atoms with Gasteiger partial charge in [0.1, 0.15) is 5.01 Å². The van der Waals surface area contributed by atoms with Gasteiger partial charge < -0.3 is 4.90 Å². The van der Waals surface area contributed by atoms with Gasteiger partial charge in [-0.2, -0.15) is 0 Å². The molecule has 160 valence electrons. The molecule has 1 aromatic heterocycles. The minimum Gasteiger partial charge on any atom is -0.333 e. The molecule has 0 unspecified atom stereocenters. The number of ketones is 1. The first-order valence-electron chi connectivity index (χ1n) is 11.0. The lowest BCUT2D eigenvalue weighted by Gasteiger charge is -2.23. The molecule has 0 aliphatic carbocycles. The molecule has 32 heavy (non-hydrogen) atoms. The fourth-order valence-electron chi connectivity index (χ4n) is 4.34. The van der Waals surface area contributed by atoms with Gasteiger partial charge in [-0.15, -0.1) is 11.3 Å². The summed E-state index contributed by atoms with van der Waals surface area (Å²) in [5.74, 6) is 0.0507. The van der Waals surface area contributed by atoms with Gasteiger partial charge in [0.25, 0.3) is 0 Å². The van der Waals surface area contributed by atoms with Crippen molar-refractivity contribution < 1.29 is 9.59 Å². The van der Waals surface area contributed by atoms with Crippen molar-refractivity contribution >= 4 is 33.2 Å². The third-order valence-corrected chi connectivity index (χ3v) is 7.19. The summed E-state index contributed by atoms with van der Waals surface area (Å²) < 4.78 is 1.15. The summed E-state index contributed by atoms with van der Waals surface area (Å²) in [5, 5.41) is 1.000. The van der Waals surface area contributed by atoms with Crippen LogP contribution >= 0.6 is 11.3 Å². The standard InChI is InChI=1S/C27H24N2O2S/c30-24(21-14-12-20(13-15-21)19-7-2-1-3-8-19)16-17-26(31)29-18-6-10-23(29)27-28-22-9-4-5-11-25(22)32-27/h1-5,7-9,11-15,23H,6,10,16-18H2/t23-/m0/s1. The molecule has 3 aromatic carbocycles. The first kappa shape index (κ1) is 20.6. The van der Waals surface area contributed by atoms with Crippen LogP contribution in [-0.2, 0) is 4.79 Å². The molecule has 1 amide bonds. The van der Waals surface area contributed by atoms with Crippen molar-refractivity contribution in [2.75, 3.05) is 6.54 Å². The summed E-state index contributed by atoms with van der Waals surface area (Å²) in [6, 6.07) is 25.8. The molecule has 1 saturated heterocycles. The van der Waals surface area contributed by atoms with Crippen LogP contribution in [0, 0.1) is 0 Å². The van der Waals surface area contributed by atoms with Gasteiger partial charge in [-0.05, 0) is 36.1 Å². The Morgan fingerprint density at radius 2 is 1.59 bits per heavy atom.